The van der Waals surface area contributed by atoms with Gasteiger partial charge in [-0.25, -0.2) is 0 Å². The lowest BCUT2D eigenvalue weighted by atomic mass is 9.82. The van der Waals surface area contributed by atoms with Gasteiger partial charge in [-0.1, -0.05) is 23.8 Å². The summed E-state index contributed by atoms with van der Waals surface area (Å²) in [5.41, 5.74) is 5.64. The van der Waals surface area contributed by atoms with E-state index >= 15 is 0 Å². The van der Waals surface area contributed by atoms with E-state index < -0.39 is 0 Å². The zero-order chi connectivity index (χ0) is 9.42. The van der Waals surface area contributed by atoms with Gasteiger partial charge in [-0.05, 0) is 42.2 Å². The van der Waals surface area contributed by atoms with Gasteiger partial charge < -0.3 is 0 Å². The summed E-state index contributed by atoms with van der Waals surface area (Å²) in [6, 6.07) is 0. The third kappa shape index (κ3) is 1.49. The standard InChI is InChI=1S/C12H14S/c1-8(2)11-5-9(3)4-10-6-13-7-12(10)11/h4,6-7,11H,1,5H2,2-3H3. The first-order valence-electron chi connectivity index (χ1n) is 4.57. The maximum absolute atomic E-state index is 4.07. The Kier molecular flexibility index (Phi) is 2.12. The Bertz CT molecular complexity index is 368. The Morgan fingerprint density at radius 2 is 2.31 bits per heavy atom. The minimum atomic E-state index is 0.561. The molecule has 1 heterocycles. The Morgan fingerprint density at radius 3 is 3.00 bits per heavy atom. The molecule has 0 aromatic carbocycles. The second kappa shape index (κ2) is 3.15. The topological polar surface area (TPSA) is 0 Å². The normalized spacial score (nSPS) is 20.8. The first kappa shape index (κ1) is 8.76. The van der Waals surface area contributed by atoms with Gasteiger partial charge >= 0.3 is 0 Å². The lowest BCUT2D eigenvalue weighted by Gasteiger charge is -2.22. The molecule has 0 bridgehead atoms. The van der Waals surface area contributed by atoms with Crippen LogP contribution in [0.2, 0.25) is 0 Å². The van der Waals surface area contributed by atoms with Crippen LogP contribution in [0.25, 0.3) is 6.08 Å². The number of allylic oxidation sites excluding steroid dienone is 2. The number of fused-ring (bicyclic) bond motifs is 1. The average molecular weight is 190 g/mol. The van der Waals surface area contributed by atoms with Gasteiger partial charge in [-0.2, -0.15) is 11.3 Å². The number of rotatable bonds is 1. The Labute approximate surface area is 83.6 Å². The zero-order valence-electron chi connectivity index (χ0n) is 8.13. The molecular weight excluding hydrogens is 176 g/mol. The predicted octanol–water partition coefficient (Wildman–Crippen LogP) is 4.21. The summed E-state index contributed by atoms with van der Waals surface area (Å²) in [5, 5.41) is 4.49. The molecule has 0 fully saturated rings. The molecule has 1 unspecified atom stereocenters. The van der Waals surface area contributed by atoms with Crippen LogP contribution >= 0.6 is 11.3 Å². The van der Waals surface area contributed by atoms with Crippen LogP contribution in [-0.2, 0) is 0 Å². The van der Waals surface area contributed by atoms with E-state index in [2.05, 4.69) is 37.3 Å². The fourth-order valence-electron chi connectivity index (χ4n) is 1.91. The summed E-state index contributed by atoms with van der Waals surface area (Å²) >= 11 is 1.79. The maximum Gasteiger partial charge on any atom is 0.00940 e. The van der Waals surface area contributed by atoms with E-state index in [9.17, 15) is 0 Å². The van der Waals surface area contributed by atoms with Crippen molar-refractivity contribution in [1.82, 2.24) is 0 Å². The van der Waals surface area contributed by atoms with Crippen LogP contribution in [0.5, 0.6) is 0 Å². The molecule has 1 aromatic rings. The van der Waals surface area contributed by atoms with Crippen molar-refractivity contribution in [2.45, 2.75) is 26.2 Å². The van der Waals surface area contributed by atoms with Gasteiger partial charge in [-0.3, -0.25) is 0 Å². The van der Waals surface area contributed by atoms with E-state index in [1.165, 1.54) is 22.3 Å². The third-order valence-corrected chi connectivity index (χ3v) is 3.40. The molecule has 2 rings (SSSR count). The molecule has 0 spiro atoms. The van der Waals surface area contributed by atoms with E-state index in [1.807, 2.05) is 0 Å². The molecule has 0 saturated heterocycles. The van der Waals surface area contributed by atoms with Crippen LogP contribution in [0, 0.1) is 0 Å². The van der Waals surface area contributed by atoms with Gasteiger partial charge in [0.1, 0.15) is 0 Å². The highest BCUT2D eigenvalue weighted by Crippen LogP contribution is 2.39. The molecular formula is C12H14S. The van der Waals surface area contributed by atoms with Crippen LogP contribution in [0.15, 0.2) is 28.5 Å². The Hall–Kier alpha value is -0.820. The SMILES string of the molecule is C=C(C)C1CC(C)=Cc2cscc21. The molecule has 1 heteroatoms. The second-order valence-corrected chi connectivity index (χ2v) is 4.62. The predicted molar refractivity (Wildman–Crippen MR) is 60.1 cm³/mol. The molecule has 0 saturated carbocycles. The van der Waals surface area contributed by atoms with Crippen LogP contribution in [0.1, 0.15) is 37.3 Å². The van der Waals surface area contributed by atoms with Crippen molar-refractivity contribution in [3.63, 3.8) is 0 Å². The molecule has 0 aliphatic heterocycles. The molecule has 1 atom stereocenters. The smallest absolute Gasteiger partial charge is 0.00940 e. The van der Waals surface area contributed by atoms with Gasteiger partial charge in [0, 0.05) is 5.92 Å². The Morgan fingerprint density at radius 1 is 1.54 bits per heavy atom. The van der Waals surface area contributed by atoms with Gasteiger partial charge in [0.05, 0.1) is 0 Å². The van der Waals surface area contributed by atoms with E-state index in [0.29, 0.717) is 5.92 Å². The molecule has 0 nitrogen and oxygen atoms in total. The van der Waals surface area contributed by atoms with Crippen LogP contribution < -0.4 is 0 Å². The van der Waals surface area contributed by atoms with E-state index in [0.717, 1.165) is 6.42 Å². The van der Waals surface area contributed by atoms with E-state index in [-0.39, 0.29) is 0 Å². The van der Waals surface area contributed by atoms with Crippen molar-refractivity contribution >= 4 is 17.4 Å². The molecule has 0 N–H and O–H groups in total. The van der Waals surface area contributed by atoms with Gasteiger partial charge in [0.25, 0.3) is 0 Å². The quantitative estimate of drug-likeness (QED) is 0.582. The minimum absolute atomic E-state index is 0.561. The van der Waals surface area contributed by atoms with E-state index in [4.69, 9.17) is 0 Å². The van der Waals surface area contributed by atoms with Crippen molar-refractivity contribution in [3.8, 4) is 0 Å². The summed E-state index contributed by atoms with van der Waals surface area (Å²) < 4.78 is 0. The lowest BCUT2D eigenvalue weighted by molar-refractivity contribution is 0.775. The highest BCUT2D eigenvalue weighted by atomic mass is 32.1. The molecule has 0 radical (unpaired) electrons. The average Bonchev–Trinajstić information content (AvgIpc) is 2.49. The molecule has 1 aromatic heterocycles. The van der Waals surface area contributed by atoms with Crippen LogP contribution in [0.3, 0.4) is 0 Å². The van der Waals surface area contributed by atoms with Crippen LogP contribution in [0.4, 0.5) is 0 Å². The fraction of sp³-hybridized carbons (Fsp3) is 0.333. The minimum Gasteiger partial charge on any atom is -0.151 e. The van der Waals surface area contributed by atoms with Crippen molar-refractivity contribution in [2.24, 2.45) is 0 Å². The summed E-state index contributed by atoms with van der Waals surface area (Å²) in [5.74, 6) is 0.561. The molecule has 1 aliphatic carbocycles. The van der Waals surface area contributed by atoms with Crippen molar-refractivity contribution < 1.29 is 0 Å². The van der Waals surface area contributed by atoms with E-state index in [1.54, 1.807) is 11.3 Å². The summed E-state index contributed by atoms with van der Waals surface area (Å²) in [6.45, 7) is 8.40. The number of thiophene rings is 1. The zero-order valence-corrected chi connectivity index (χ0v) is 8.95. The van der Waals surface area contributed by atoms with Crippen LogP contribution in [-0.4, -0.2) is 0 Å². The van der Waals surface area contributed by atoms with Gasteiger partial charge in [0.2, 0.25) is 0 Å². The van der Waals surface area contributed by atoms with Crippen molar-refractivity contribution in [2.75, 3.05) is 0 Å². The van der Waals surface area contributed by atoms with Crippen molar-refractivity contribution in [3.05, 3.63) is 39.6 Å². The molecule has 1 aliphatic rings. The molecule has 13 heavy (non-hydrogen) atoms. The monoisotopic (exact) mass is 190 g/mol. The number of hydrogen-bond acceptors (Lipinski definition) is 1. The summed E-state index contributed by atoms with van der Waals surface area (Å²) in [6.07, 6.45) is 3.45. The van der Waals surface area contributed by atoms with Crippen molar-refractivity contribution in [1.29, 1.82) is 0 Å². The summed E-state index contributed by atoms with van der Waals surface area (Å²) in [7, 11) is 0. The first-order valence-corrected chi connectivity index (χ1v) is 5.51. The fourth-order valence-corrected chi connectivity index (χ4v) is 2.78. The van der Waals surface area contributed by atoms with Gasteiger partial charge in [0.15, 0.2) is 0 Å². The third-order valence-electron chi connectivity index (χ3n) is 2.62. The highest BCUT2D eigenvalue weighted by molar-refractivity contribution is 7.08. The largest absolute Gasteiger partial charge is 0.151 e. The Balaban J connectivity index is 2.48. The molecule has 0 amide bonds. The molecule has 68 valence electrons. The number of hydrogen-bond donors (Lipinski definition) is 0. The second-order valence-electron chi connectivity index (χ2n) is 3.88. The summed E-state index contributed by atoms with van der Waals surface area (Å²) in [4.78, 5) is 0. The van der Waals surface area contributed by atoms with Gasteiger partial charge in [-0.15, -0.1) is 0 Å². The first-order chi connectivity index (χ1) is 6.18. The highest BCUT2D eigenvalue weighted by Gasteiger charge is 2.20. The maximum atomic E-state index is 4.07. The lowest BCUT2D eigenvalue weighted by Crippen LogP contribution is -2.04.